The molecule has 1 aliphatic carbocycles. The lowest BCUT2D eigenvalue weighted by atomic mass is 9.95. The number of amides is 1. The number of rotatable bonds is 8. The van der Waals surface area contributed by atoms with E-state index >= 15 is 0 Å². The van der Waals surface area contributed by atoms with Gasteiger partial charge in [-0.3, -0.25) is 9.36 Å². The Balaban J connectivity index is 2.05. The van der Waals surface area contributed by atoms with Gasteiger partial charge in [0.15, 0.2) is 22.5 Å². The van der Waals surface area contributed by atoms with Crippen molar-refractivity contribution in [2.24, 2.45) is 0 Å². The number of carbonyl (C=O) groups is 1. The number of aromatic nitrogens is 3. The van der Waals surface area contributed by atoms with Gasteiger partial charge < -0.3 is 19.1 Å². The van der Waals surface area contributed by atoms with Crippen LogP contribution in [0.4, 0.5) is 0 Å². The second-order valence-corrected chi connectivity index (χ2v) is 8.40. The van der Waals surface area contributed by atoms with Crippen LogP contribution in [0.25, 0.3) is 11.4 Å². The minimum absolute atomic E-state index is 0.0486. The zero-order chi connectivity index (χ0) is 21.7. The highest BCUT2D eigenvalue weighted by atomic mass is 32.2. The molecular formula is C21H30N4O4S. The third-order valence-electron chi connectivity index (χ3n) is 5.35. The molecule has 1 aromatic heterocycles. The van der Waals surface area contributed by atoms with Crippen molar-refractivity contribution < 1.29 is 19.0 Å². The molecule has 0 atom stereocenters. The van der Waals surface area contributed by atoms with Crippen molar-refractivity contribution >= 4 is 17.7 Å². The van der Waals surface area contributed by atoms with Crippen LogP contribution >= 0.6 is 11.8 Å². The standard InChI is InChI=1S/C21H30N4O4S/c1-24(2)18(26)13-30-21-23-22-20(25(21)15-9-7-6-8-10-15)14-11-16(27-3)19(29-5)17(12-14)28-4/h11-12,15H,6-10,13H2,1-5H3. The highest BCUT2D eigenvalue weighted by Gasteiger charge is 2.26. The van der Waals surface area contributed by atoms with Crippen LogP contribution in [0.3, 0.4) is 0 Å². The molecule has 1 fully saturated rings. The van der Waals surface area contributed by atoms with Gasteiger partial charge in [-0.2, -0.15) is 0 Å². The summed E-state index contributed by atoms with van der Waals surface area (Å²) in [5.74, 6) is 2.81. The van der Waals surface area contributed by atoms with Crippen molar-refractivity contribution in [2.45, 2.75) is 43.3 Å². The molecule has 8 nitrogen and oxygen atoms in total. The summed E-state index contributed by atoms with van der Waals surface area (Å²) < 4.78 is 18.7. The highest BCUT2D eigenvalue weighted by molar-refractivity contribution is 7.99. The van der Waals surface area contributed by atoms with Crippen molar-refractivity contribution in [1.82, 2.24) is 19.7 Å². The molecule has 1 saturated carbocycles. The fraction of sp³-hybridized carbons (Fsp3) is 0.571. The van der Waals surface area contributed by atoms with Crippen LogP contribution in [-0.4, -0.2) is 66.7 Å². The molecule has 0 radical (unpaired) electrons. The van der Waals surface area contributed by atoms with Crippen molar-refractivity contribution in [3.8, 4) is 28.6 Å². The van der Waals surface area contributed by atoms with Gasteiger partial charge >= 0.3 is 0 Å². The average molecular weight is 435 g/mol. The molecule has 0 unspecified atom stereocenters. The van der Waals surface area contributed by atoms with E-state index < -0.39 is 0 Å². The minimum Gasteiger partial charge on any atom is -0.493 e. The van der Waals surface area contributed by atoms with Crippen molar-refractivity contribution in [2.75, 3.05) is 41.2 Å². The maximum absolute atomic E-state index is 12.1. The Morgan fingerprint density at radius 2 is 1.70 bits per heavy atom. The summed E-state index contributed by atoms with van der Waals surface area (Å²) in [6, 6.07) is 4.09. The van der Waals surface area contributed by atoms with E-state index in [0.29, 0.717) is 29.0 Å². The molecule has 0 bridgehead atoms. The Hall–Kier alpha value is -2.42. The van der Waals surface area contributed by atoms with Gasteiger partial charge in [0.2, 0.25) is 11.7 Å². The lowest BCUT2D eigenvalue weighted by Gasteiger charge is -2.26. The molecule has 0 spiro atoms. The molecule has 3 rings (SSSR count). The number of ether oxygens (including phenoxy) is 3. The highest BCUT2D eigenvalue weighted by Crippen LogP contribution is 2.42. The van der Waals surface area contributed by atoms with Gasteiger partial charge in [-0.1, -0.05) is 31.0 Å². The summed E-state index contributed by atoms with van der Waals surface area (Å²) in [6.07, 6.45) is 5.76. The van der Waals surface area contributed by atoms with Gasteiger partial charge in [0.25, 0.3) is 0 Å². The smallest absolute Gasteiger partial charge is 0.232 e. The third-order valence-corrected chi connectivity index (χ3v) is 6.28. The zero-order valence-electron chi connectivity index (χ0n) is 18.3. The van der Waals surface area contributed by atoms with Gasteiger partial charge in [0.05, 0.1) is 27.1 Å². The molecule has 1 amide bonds. The van der Waals surface area contributed by atoms with E-state index in [1.807, 2.05) is 12.1 Å². The number of methoxy groups -OCH3 is 3. The quantitative estimate of drug-likeness (QED) is 0.587. The van der Waals surface area contributed by atoms with Crippen LogP contribution in [0.2, 0.25) is 0 Å². The first-order valence-corrected chi connectivity index (χ1v) is 11.1. The maximum Gasteiger partial charge on any atom is 0.232 e. The topological polar surface area (TPSA) is 78.7 Å². The number of hydrogen-bond acceptors (Lipinski definition) is 7. The molecule has 1 heterocycles. The summed E-state index contributed by atoms with van der Waals surface area (Å²) in [6.45, 7) is 0. The number of carbonyl (C=O) groups excluding carboxylic acids is 1. The lowest BCUT2D eigenvalue weighted by molar-refractivity contribution is -0.125. The van der Waals surface area contributed by atoms with Crippen LogP contribution in [0.5, 0.6) is 17.2 Å². The van der Waals surface area contributed by atoms with Gasteiger partial charge in [0, 0.05) is 25.7 Å². The zero-order valence-corrected chi connectivity index (χ0v) is 19.1. The predicted molar refractivity (Wildman–Crippen MR) is 117 cm³/mol. The normalized spacial score (nSPS) is 14.4. The van der Waals surface area contributed by atoms with Crippen molar-refractivity contribution in [1.29, 1.82) is 0 Å². The Bertz CT molecular complexity index is 853. The summed E-state index contributed by atoms with van der Waals surface area (Å²) >= 11 is 1.43. The van der Waals surface area contributed by atoms with Crippen LogP contribution in [0, 0.1) is 0 Å². The van der Waals surface area contributed by atoms with E-state index in [9.17, 15) is 4.79 Å². The number of benzene rings is 1. The Morgan fingerprint density at radius 1 is 1.07 bits per heavy atom. The predicted octanol–water partition coefficient (Wildman–Crippen LogP) is 3.66. The Labute approximate surface area is 181 Å². The van der Waals surface area contributed by atoms with E-state index in [-0.39, 0.29) is 5.91 Å². The lowest BCUT2D eigenvalue weighted by Crippen LogP contribution is -2.24. The van der Waals surface area contributed by atoms with Crippen LogP contribution < -0.4 is 14.2 Å². The molecule has 1 aromatic carbocycles. The number of thioether (sulfide) groups is 1. The average Bonchev–Trinajstić information content (AvgIpc) is 3.20. The largest absolute Gasteiger partial charge is 0.493 e. The van der Waals surface area contributed by atoms with E-state index in [4.69, 9.17) is 14.2 Å². The van der Waals surface area contributed by atoms with E-state index in [1.54, 1.807) is 40.3 Å². The molecule has 1 aliphatic rings. The van der Waals surface area contributed by atoms with Gasteiger partial charge in [-0.15, -0.1) is 10.2 Å². The second-order valence-electron chi connectivity index (χ2n) is 7.46. The van der Waals surface area contributed by atoms with Crippen LogP contribution in [0.1, 0.15) is 38.1 Å². The van der Waals surface area contributed by atoms with E-state index in [2.05, 4.69) is 14.8 Å². The molecule has 9 heteroatoms. The van der Waals surface area contributed by atoms with Crippen molar-refractivity contribution in [3.63, 3.8) is 0 Å². The first-order chi connectivity index (χ1) is 14.5. The molecule has 0 saturated heterocycles. The van der Waals surface area contributed by atoms with Gasteiger partial charge in [-0.25, -0.2) is 0 Å². The minimum atomic E-state index is 0.0486. The molecule has 0 aliphatic heterocycles. The fourth-order valence-electron chi connectivity index (χ4n) is 3.71. The van der Waals surface area contributed by atoms with Crippen LogP contribution in [0.15, 0.2) is 17.3 Å². The Morgan fingerprint density at radius 3 is 2.23 bits per heavy atom. The Kier molecular flexibility index (Phi) is 7.47. The number of hydrogen-bond donors (Lipinski definition) is 0. The molecule has 0 N–H and O–H groups in total. The SMILES string of the molecule is COc1cc(-c2nnc(SCC(=O)N(C)C)n2C2CCCCC2)cc(OC)c1OC. The first-order valence-electron chi connectivity index (χ1n) is 10.1. The van der Waals surface area contributed by atoms with E-state index in [1.165, 1.54) is 31.0 Å². The summed E-state index contributed by atoms with van der Waals surface area (Å²) in [4.78, 5) is 13.7. The molecule has 2 aromatic rings. The second kappa shape index (κ2) is 10.1. The van der Waals surface area contributed by atoms with Crippen molar-refractivity contribution in [3.05, 3.63) is 12.1 Å². The monoisotopic (exact) mass is 434 g/mol. The summed E-state index contributed by atoms with van der Waals surface area (Å²) in [5, 5.41) is 9.72. The molecule has 30 heavy (non-hydrogen) atoms. The third kappa shape index (κ3) is 4.66. The number of nitrogens with zero attached hydrogens (tertiary/aromatic N) is 4. The maximum atomic E-state index is 12.1. The molecular weight excluding hydrogens is 404 g/mol. The van der Waals surface area contributed by atoms with Crippen LogP contribution in [-0.2, 0) is 4.79 Å². The summed E-state index contributed by atoms with van der Waals surface area (Å²) in [5.41, 5.74) is 0.841. The fourth-order valence-corrected chi connectivity index (χ4v) is 4.69. The van der Waals surface area contributed by atoms with E-state index in [0.717, 1.165) is 29.4 Å². The summed E-state index contributed by atoms with van der Waals surface area (Å²) in [7, 11) is 8.30. The first kappa shape index (κ1) is 22.3. The van der Waals surface area contributed by atoms with Gasteiger partial charge in [0.1, 0.15) is 0 Å². The van der Waals surface area contributed by atoms with Gasteiger partial charge in [-0.05, 0) is 25.0 Å². The molecule has 164 valence electrons.